The summed E-state index contributed by atoms with van der Waals surface area (Å²) in [6.07, 6.45) is 10.4. The molecule has 1 aliphatic heterocycles. The molecule has 1 fully saturated rings. The monoisotopic (exact) mass is 622 g/mol. The van der Waals surface area contributed by atoms with Crippen molar-refractivity contribution in [2.24, 2.45) is 0 Å². The number of carboxylic acid groups (broad SMARTS) is 1. The predicted molar refractivity (Wildman–Crippen MR) is 175 cm³/mol. The lowest BCUT2D eigenvalue weighted by Gasteiger charge is -2.15. The van der Waals surface area contributed by atoms with Crippen LogP contribution >= 0.6 is 24.0 Å². The van der Waals surface area contributed by atoms with Crippen molar-refractivity contribution in [1.82, 2.24) is 14.3 Å². The molecule has 3 aromatic rings. The first kappa shape index (κ1) is 32.4. The van der Waals surface area contributed by atoms with Gasteiger partial charge in [0.1, 0.15) is 15.8 Å². The summed E-state index contributed by atoms with van der Waals surface area (Å²) >= 11 is 6.71. The Hall–Kier alpha value is -3.54. The quantitative estimate of drug-likeness (QED) is 0.101. The van der Waals surface area contributed by atoms with Crippen molar-refractivity contribution in [3.8, 4) is 0 Å². The number of thiocarbonyl (C=S) groups is 1. The first-order valence-corrected chi connectivity index (χ1v) is 15.9. The number of pyridine rings is 1. The molecule has 0 saturated carbocycles. The molecule has 0 aliphatic carbocycles. The molecule has 1 aliphatic rings. The van der Waals surface area contributed by atoms with Gasteiger partial charge in [0, 0.05) is 25.7 Å². The van der Waals surface area contributed by atoms with Crippen molar-refractivity contribution in [1.29, 1.82) is 0 Å². The largest absolute Gasteiger partial charge is 0.481 e. The first-order valence-electron chi connectivity index (χ1n) is 14.7. The number of fused-ring (bicyclic) bond motifs is 1. The number of thioether (sulfide) groups is 1. The van der Waals surface area contributed by atoms with E-state index in [-0.39, 0.29) is 35.8 Å². The Bertz CT molecular complexity index is 1540. The van der Waals surface area contributed by atoms with E-state index in [1.165, 1.54) is 16.2 Å². The van der Waals surface area contributed by atoms with Crippen LogP contribution in [-0.2, 0) is 9.59 Å². The molecule has 1 aromatic carbocycles. The molecule has 1 atom stereocenters. The van der Waals surface area contributed by atoms with Crippen LogP contribution in [0, 0.1) is 6.92 Å². The second-order valence-corrected chi connectivity index (χ2v) is 12.4. The van der Waals surface area contributed by atoms with Gasteiger partial charge in [0.2, 0.25) is 0 Å². The van der Waals surface area contributed by atoms with Gasteiger partial charge in [0.15, 0.2) is 0 Å². The number of aliphatic hydroxyl groups excluding tert-OH is 1. The Kier molecular flexibility index (Phi) is 11.9. The number of aliphatic hydroxyl groups is 1. The van der Waals surface area contributed by atoms with Crippen LogP contribution in [0.1, 0.15) is 80.6 Å². The lowest BCUT2D eigenvalue weighted by molar-refractivity contribution is -0.137. The normalized spacial score (nSPS) is 15.0. The Balaban J connectivity index is 1.41. The Morgan fingerprint density at radius 2 is 1.70 bits per heavy atom. The number of nitrogens with one attached hydrogen (secondary N) is 1. The fourth-order valence-electron chi connectivity index (χ4n) is 4.94. The minimum absolute atomic E-state index is 0.128. The van der Waals surface area contributed by atoms with Gasteiger partial charge < -0.3 is 15.5 Å². The van der Waals surface area contributed by atoms with E-state index >= 15 is 0 Å². The summed E-state index contributed by atoms with van der Waals surface area (Å²) in [5, 5.41) is 22.5. The maximum atomic E-state index is 13.6. The van der Waals surface area contributed by atoms with E-state index in [4.69, 9.17) is 17.3 Å². The molecule has 3 heterocycles. The van der Waals surface area contributed by atoms with Crippen LogP contribution in [0.15, 0.2) is 58.4 Å². The van der Waals surface area contributed by atoms with Gasteiger partial charge in [-0.1, -0.05) is 98.9 Å². The molecule has 0 spiro atoms. The topological polar surface area (TPSA) is 124 Å². The van der Waals surface area contributed by atoms with Crippen LogP contribution in [0.5, 0.6) is 0 Å². The van der Waals surface area contributed by atoms with Crippen molar-refractivity contribution < 1.29 is 19.8 Å². The fraction of sp³-hybridized carbons (Fsp3) is 0.406. The summed E-state index contributed by atoms with van der Waals surface area (Å²) < 4.78 is 1.93. The molecule has 1 saturated heterocycles. The number of carbonyl (C=O) groups is 2. The summed E-state index contributed by atoms with van der Waals surface area (Å²) in [5.41, 5.74) is 2.00. The summed E-state index contributed by atoms with van der Waals surface area (Å²) in [4.78, 5) is 44.2. The van der Waals surface area contributed by atoms with Gasteiger partial charge in [-0.15, -0.1) is 0 Å². The lowest BCUT2D eigenvalue weighted by atomic mass is 10.1. The van der Waals surface area contributed by atoms with E-state index in [2.05, 4.69) is 10.3 Å². The highest BCUT2D eigenvalue weighted by molar-refractivity contribution is 8.26. The summed E-state index contributed by atoms with van der Waals surface area (Å²) in [7, 11) is 0. The third kappa shape index (κ3) is 8.98. The van der Waals surface area contributed by atoms with Gasteiger partial charge in [0.25, 0.3) is 11.5 Å². The van der Waals surface area contributed by atoms with Gasteiger partial charge >= 0.3 is 5.97 Å². The lowest BCUT2D eigenvalue weighted by Crippen LogP contribution is -2.29. The Labute approximate surface area is 261 Å². The highest BCUT2D eigenvalue weighted by atomic mass is 32.2. The molecule has 0 radical (unpaired) electrons. The number of rotatable bonds is 16. The van der Waals surface area contributed by atoms with Crippen molar-refractivity contribution in [2.75, 3.05) is 18.4 Å². The molecule has 3 N–H and O–H groups in total. The molecular formula is C32H38N4O5S2. The molecule has 4 rings (SSSR count). The van der Waals surface area contributed by atoms with E-state index in [9.17, 15) is 19.5 Å². The number of hydrogen-bond donors (Lipinski definition) is 3. The molecule has 11 heteroatoms. The summed E-state index contributed by atoms with van der Waals surface area (Å²) in [6.45, 7) is 2.54. The van der Waals surface area contributed by atoms with Gasteiger partial charge in [-0.25, -0.2) is 4.98 Å². The third-order valence-electron chi connectivity index (χ3n) is 7.32. The van der Waals surface area contributed by atoms with Crippen LogP contribution < -0.4 is 10.9 Å². The summed E-state index contributed by atoms with van der Waals surface area (Å²) in [6, 6.07) is 12.9. The predicted octanol–water partition coefficient (Wildman–Crippen LogP) is 5.95. The highest BCUT2D eigenvalue weighted by Gasteiger charge is 2.32. The molecule has 9 nitrogen and oxygen atoms in total. The van der Waals surface area contributed by atoms with E-state index < -0.39 is 12.1 Å². The van der Waals surface area contributed by atoms with E-state index in [0.717, 1.165) is 62.5 Å². The number of carbonyl (C=O) groups excluding carboxylic acids is 1. The third-order valence-corrected chi connectivity index (χ3v) is 8.70. The van der Waals surface area contributed by atoms with E-state index in [1.54, 1.807) is 23.2 Å². The van der Waals surface area contributed by atoms with Gasteiger partial charge in [0.05, 0.1) is 16.6 Å². The number of amides is 1. The van der Waals surface area contributed by atoms with Crippen molar-refractivity contribution in [2.45, 2.75) is 70.8 Å². The van der Waals surface area contributed by atoms with Gasteiger partial charge in [-0.3, -0.25) is 23.7 Å². The molecule has 43 heavy (non-hydrogen) atoms. The smallest absolute Gasteiger partial charge is 0.303 e. The number of aryl methyl sites for hydroxylation is 1. The number of aromatic nitrogens is 2. The first-order chi connectivity index (χ1) is 20.7. The molecule has 1 unspecified atom stereocenters. The van der Waals surface area contributed by atoms with Crippen LogP contribution in [0.4, 0.5) is 5.82 Å². The number of aliphatic carboxylic acids is 1. The standard InChI is InChI=1S/C32H38N4O5S2/c1-22-16-17-27-34-29(33-20-25(37)23-13-9-8-10-14-23)24(30(40)36(27)21-22)19-26-31(41)35(32(42)43-26)18-12-7-5-3-2-4-6-11-15-28(38)39/h8-10,13-14,16-17,19,21,25,33,37H,2-7,11-12,15,18,20H2,1H3,(H,38,39)/b26-19+. The molecule has 0 bridgehead atoms. The average Bonchev–Trinajstić information content (AvgIpc) is 3.26. The molecule has 228 valence electrons. The number of carboxylic acids is 1. The maximum absolute atomic E-state index is 13.6. The zero-order valence-electron chi connectivity index (χ0n) is 24.3. The minimum Gasteiger partial charge on any atom is -0.481 e. The van der Waals surface area contributed by atoms with Gasteiger partial charge in [-0.05, 0) is 43.0 Å². The highest BCUT2D eigenvalue weighted by Crippen LogP contribution is 2.33. The van der Waals surface area contributed by atoms with E-state index in [1.807, 2.05) is 43.3 Å². The SMILES string of the molecule is Cc1ccc2nc(NCC(O)c3ccccc3)c(/C=C3/SC(=S)N(CCCCCCCCCCC(=O)O)C3=O)c(=O)n2c1. The van der Waals surface area contributed by atoms with Gasteiger partial charge in [-0.2, -0.15) is 0 Å². The van der Waals surface area contributed by atoms with Crippen LogP contribution in [0.2, 0.25) is 0 Å². The molecule has 1 amide bonds. The second kappa shape index (κ2) is 15.8. The number of hydrogen-bond acceptors (Lipinski definition) is 8. The number of benzene rings is 1. The molecule has 2 aromatic heterocycles. The average molecular weight is 623 g/mol. The van der Waals surface area contributed by atoms with Crippen molar-refractivity contribution >= 4 is 57.7 Å². The maximum Gasteiger partial charge on any atom is 0.303 e. The number of unbranched alkanes of at least 4 members (excludes halogenated alkanes) is 7. The zero-order valence-corrected chi connectivity index (χ0v) is 26.0. The van der Waals surface area contributed by atoms with Crippen molar-refractivity contribution in [3.63, 3.8) is 0 Å². The zero-order chi connectivity index (χ0) is 30.8. The second-order valence-electron chi connectivity index (χ2n) is 10.7. The minimum atomic E-state index is -0.817. The van der Waals surface area contributed by atoms with Crippen LogP contribution in [0.25, 0.3) is 11.7 Å². The van der Waals surface area contributed by atoms with E-state index in [0.29, 0.717) is 21.4 Å². The number of nitrogens with zero attached hydrogens (tertiary/aromatic N) is 3. The number of anilines is 1. The Morgan fingerprint density at radius 1 is 1.02 bits per heavy atom. The Morgan fingerprint density at radius 3 is 2.40 bits per heavy atom. The van der Waals surface area contributed by atoms with Crippen LogP contribution in [-0.4, -0.2) is 53.8 Å². The van der Waals surface area contributed by atoms with Crippen molar-refractivity contribution in [3.05, 3.63) is 80.6 Å². The van der Waals surface area contributed by atoms with Crippen LogP contribution in [0.3, 0.4) is 0 Å². The summed E-state index contributed by atoms with van der Waals surface area (Å²) in [5.74, 6) is -0.674. The fourth-order valence-corrected chi connectivity index (χ4v) is 6.23. The molecular weight excluding hydrogens is 585 g/mol.